The van der Waals surface area contributed by atoms with Crippen LogP contribution in [0.1, 0.15) is 54.2 Å². The van der Waals surface area contributed by atoms with Crippen molar-refractivity contribution in [3.63, 3.8) is 0 Å². The molecule has 2 fully saturated rings. The summed E-state index contributed by atoms with van der Waals surface area (Å²) in [7, 11) is 0. The number of carbonyl (C=O) groups is 2. The molecule has 1 unspecified atom stereocenters. The molecule has 2 aromatic rings. The van der Waals surface area contributed by atoms with Crippen LogP contribution in [-0.4, -0.2) is 59.3 Å². The molecule has 1 atom stereocenters. The van der Waals surface area contributed by atoms with Crippen LogP contribution in [-0.2, 0) is 4.79 Å². The summed E-state index contributed by atoms with van der Waals surface area (Å²) in [6.45, 7) is 3.01. The quantitative estimate of drug-likeness (QED) is 0.779. The number of nitrogens with one attached hydrogen (secondary N) is 1. The molecule has 1 saturated carbocycles. The predicted molar refractivity (Wildman–Crippen MR) is 120 cm³/mol. The Morgan fingerprint density at radius 2 is 1.65 bits per heavy atom. The molecule has 2 aliphatic rings. The number of rotatable bonds is 6. The van der Waals surface area contributed by atoms with Gasteiger partial charge in [-0.3, -0.25) is 19.5 Å². The van der Waals surface area contributed by atoms with Crippen molar-refractivity contribution in [2.24, 2.45) is 5.92 Å². The Labute approximate surface area is 184 Å². The number of piperazine rings is 1. The van der Waals surface area contributed by atoms with Crippen molar-refractivity contribution in [3.8, 4) is 0 Å². The minimum absolute atomic E-state index is 0.0360. The average Bonchev–Trinajstić information content (AvgIpc) is 2.84. The van der Waals surface area contributed by atoms with E-state index in [-0.39, 0.29) is 17.9 Å². The lowest BCUT2D eigenvalue weighted by molar-refractivity contribution is -0.123. The van der Waals surface area contributed by atoms with Crippen LogP contribution >= 0.6 is 0 Å². The van der Waals surface area contributed by atoms with Crippen LogP contribution in [0.4, 0.5) is 0 Å². The first kappa shape index (κ1) is 21.5. The summed E-state index contributed by atoms with van der Waals surface area (Å²) in [5.74, 6) is 0.544. The number of amides is 2. The van der Waals surface area contributed by atoms with E-state index in [0.717, 1.165) is 0 Å². The van der Waals surface area contributed by atoms with Gasteiger partial charge in [0.1, 0.15) is 5.69 Å². The van der Waals surface area contributed by atoms with E-state index in [1.807, 2.05) is 23.1 Å². The summed E-state index contributed by atoms with van der Waals surface area (Å²) in [4.78, 5) is 33.6. The summed E-state index contributed by atoms with van der Waals surface area (Å²) in [6.07, 6.45) is 7.78. The fourth-order valence-corrected chi connectivity index (χ4v) is 4.78. The fourth-order valence-electron chi connectivity index (χ4n) is 4.78. The highest BCUT2D eigenvalue weighted by molar-refractivity contribution is 5.92. The number of pyridine rings is 1. The fraction of sp³-hybridized carbons (Fsp3) is 0.480. The molecule has 0 spiro atoms. The monoisotopic (exact) mass is 420 g/mol. The van der Waals surface area contributed by atoms with Gasteiger partial charge in [0.15, 0.2) is 0 Å². The van der Waals surface area contributed by atoms with Crippen LogP contribution in [0.5, 0.6) is 0 Å². The number of aromatic nitrogens is 1. The van der Waals surface area contributed by atoms with Gasteiger partial charge in [-0.05, 0) is 36.5 Å². The van der Waals surface area contributed by atoms with E-state index in [4.69, 9.17) is 0 Å². The van der Waals surface area contributed by atoms with Crippen molar-refractivity contribution in [3.05, 3.63) is 66.0 Å². The number of nitrogens with zero attached hydrogens (tertiary/aromatic N) is 3. The van der Waals surface area contributed by atoms with Gasteiger partial charge in [0.05, 0.1) is 12.6 Å². The molecular weight excluding hydrogens is 388 g/mol. The number of hydrogen-bond acceptors (Lipinski definition) is 4. The first-order valence-electron chi connectivity index (χ1n) is 11.5. The van der Waals surface area contributed by atoms with Gasteiger partial charge in [0.2, 0.25) is 5.91 Å². The van der Waals surface area contributed by atoms with Crippen LogP contribution in [0, 0.1) is 5.92 Å². The summed E-state index contributed by atoms with van der Waals surface area (Å²) in [6, 6.07) is 15.8. The topological polar surface area (TPSA) is 65.5 Å². The Kier molecular flexibility index (Phi) is 7.30. The molecule has 1 aromatic carbocycles. The van der Waals surface area contributed by atoms with Crippen LogP contribution in [0.15, 0.2) is 54.7 Å². The molecule has 1 aromatic heterocycles. The van der Waals surface area contributed by atoms with Gasteiger partial charge >= 0.3 is 0 Å². The van der Waals surface area contributed by atoms with Crippen LogP contribution in [0.25, 0.3) is 0 Å². The van der Waals surface area contributed by atoms with E-state index < -0.39 is 0 Å². The number of hydrogen-bond donors (Lipinski definition) is 1. The number of carbonyl (C=O) groups excluding carboxylic acids is 2. The summed E-state index contributed by atoms with van der Waals surface area (Å²) >= 11 is 0. The Balaban J connectivity index is 1.31. The molecule has 0 bridgehead atoms. The highest BCUT2D eigenvalue weighted by Crippen LogP contribution is 2.34. The molecule has 0 radical (unpaired) electrons. The molecule has 2 amide bonds. The van der Waals surface area contributed by atoms with Crippen molar-refractivity contribution in [1.82, 2.24) is 20.1 Å². The third kappa shape index (κ3) is 5.70. The SMILES string of the molecule is O=C(CN1CCN(C(=O)c2ccccn2)CC1)NC(c1ccccc1)C1CCCCC1. The van der Waals surface area contributed by atoms with Crippen LogP contribution in [0.3, 0.4) is 0 Å². The predicted octanol–water partition coefficient (Wildman–Crippen LogP) is 3.28. The third-order valence-electron chi connectivity index (χ3n) is 6.51. The van der Waals surface area contributed by atoms with E-state index in [2.05, 4.69) is 39.5 Å². The van der Waals surface area contributed by atoms with Gasteiger partial charge in [-0.15, -0.1) is 0 Å². The first-order chi connectivity index (χ1) is 15.2. The molecule has 6 nitrogen and oxygen atoms in total. The lowest BCUT2D eigenvalue weighted by atomic mass is 9.81. The van der Waals surface area contributed by atoms with Gasteiger partial charge in [-0.25, -0.2) is 0 Å². The van der Waals surface area contributed by atoms with E-state index in [0.29, 0.717) is 44.3 Å². The lowest BCUT2D eigenvalue weighted by Gasteiger charge is -2.35. The zero-order valence-electron chi connectivity index (χ0n) is 18.1. The molecule has 1 N–H and O–H groups in total. The van der Waals surface area contributed by atoms with Crippen molar-refractivity contribution in [2.45, 2.75) is 38.1 Å². The minimum Gasteiger partial charge on any atom is -0.348 e. The maximum absolute atomic E-state index is 12.9. The number of benzene rings is 1. The van der Waals surface area contributed by atoms with Gasteiger partial charge in [0, 0.05) is 32.4 Å². The van der Waals surface area contributed by atoms with Crippen molar-refractivity contribution >= 4 is 11.8 Å². The second-order valence-electron chi connectivity index (χ2n) is 8.64. The Morgan fingerprint density at radius 1 is 0.935 bits per heavy atom. The van der Waals surface area contributed by atoms with Crippen LogP contribution < -0.4 is 5.32 Å². The normalized spacial score (nSPS) is 19.0. The molecule has 1 aliphatic carbocycles. The van der Waals surface area contributed by atoms with E-state index in [9.17, 15) is 9.59 Å². The maximum Gasteiger partial charge on any atom is 0.272 e. The lowest BCUT2D eigenvalue weighted by Crippen LogP contribution is -2.51. The largest absolute Gasteiger partial charge is 0.348 e. The van der Waals surface area contributed by atoms with E-state index >= 15 is 0 Å². The Morgan fingerprint density at radius 3 is 2.32 bits per heavy atom. The van der Waals surface area contributed by atoms with Gasteiger partial charge in [-0.2, -0.15) is 0 Å². The van der Waals surface area contributed by atoms with Gasteiger partial charge in [-0.1, -0.05) is 55.7 Å². The molecule has 2 heterocycles. The maximum atomic E-state index is 12.9. The molecule has 31 heavy (non-hydrogen) atoms. The summed E-state index contributed by atoms with van der Waals surface area (Å²) in [5.41, 5.74) is 1.68. The zero-order valence-corrected chi connectivity index (χ0v) is 18.1. The molecule has 4 rings (SSSR count). The third-order valence-corrected chi connectivity index (χ3v) is 6.51. The highest BCUT2D eigenvalue weighted by atomic mass is 16.2. The smallest absolute Gasteiger partial charge is 0.272 e. The molecular formula is C25H32N4O2. The van der Waals surface area contributed by atoms with Crippen molar-refractivity contribution in [1.29, 1.82) is 0 Å². The minimum atomic E-state index is -0.0360. The van der Waals surface area contributed by atoms with Crippen molar-refractivity contribution in [2.75, 3.05) is 32.7 Å². The Bertz CT molecular complexity index is 844. The molecule has 164 valence electrons. The van der Waals surface area contributed by atoms with E-state index in [1.165, 1.54) is 37.7 Å². The molecule has 1 saturated heterocycles. The van der Waals surface area contributed by atoms with Gasteiger partial charge < -0.3 is 10.2 Å². The molecule has 6 heteroatoms. The van der Waals surface area contributed by atoms with Gasteiger partial charge in [0.25, 0.3) is 5.91 Å². The average molecular weight is 421 g/mol. The first-order valence-corrected chi connectivity index (χ1v) is 11.5. The standard InChI is InChI=1S/C25H32N4O2/c30-23(27-24(20-9-3-1-4-10-20)21-11-5-2-6-12-21)19-28-15-17-29(18-16-28)25(31)22-13-7-8-14-26-22/h1,3-4,7-10,13-14,21,24H,2,5-6,11-12,15-19H2,(H,27,30). The van der Waals surface area contributed by atoms with Crippen molar-refractivity contribution < 1.29 is 9.59 Å². The summed E-state index contributed by atoms with van der Waals surface area (Å²) < 4.78 is 0. The highest BCUT2D eigenvalue weighted by Gasteiger charge is 2.28. The van der Waals surface area contributed by atoms with Crippen LogP contribution in [0.2, 0.25) is 0 Å². The second-order valence-corrected chi connectivity index (χ2v) is 8.64. The Hall–Kier alpha value is -2.73. The summed E-state index contributed by atoms with van der Waals surface area (Å²) in [5, 5.41) is 3.34. The molecule has 1 aliphatic heterocycles. The van der Waals surface area contributed by atoms with E-state index in [1.54, 1.807) is 12.3 Å². The second kappa shape index (κ2) is 10.5. The zero-order chi connectivity index (χ0) is 21.5.